The molecule has 0 spiro atoms. The van der Waals surface area contributed by atoms with E-state index in [9.17, 15) is 9.59 Å². The van der Waals surface area contributed by atoms with Crippen molar-refractivity contribution in [1.29, 1.82) is 0 Å². The van der Waals surface area contributed by atoms with Gasteiger partial charge in [-0.05, 0) is 100 Å². The van der Waals surface area contributed by atoms with E-state index < -0.39 is 0 Å². The third-order valence-electron chi connectivity index (χ3n) is 8.26. The van der Waals surface area contributed by atoms with Crippen LogP contribution in [0.3, 0.4) is 0 Å². The fraction of sp³-hybridized carbons (Fsp3) is 0.167. The first-order valence-corrected chi connectivity index (χ1v) is 14.5. The molecule has 2 heterocycles. The third-order valence-corrected chi connectivity index (χ3v) is 8.26. The van der Waals surface area contributed by atoms with Gasteiger partial charge in [-0.25, -0.2) is 0 Å². The molecule has 0 radical (unpaired) electrons. The maximum Gasteiger partial charge on any atom is 0.282 e. The number of fused-ring (bicyclic) bond motifs is 1. The fourth-order valence-corrected chi connectivity index (χ4v) is 5.29. The summed E-state index contributed by atoms with van der Waals surface area (Å²) in [4.78, 5) is 26.6. The number of carbonyl (C=O) groups is 2. The highest BCUT2D eigenvalue weighted by atomic mass is 16.2. The smallest absolute Gasteiger partial charge is 0.282 e. The Morgan fingerprint density at radius 1 is 0.545 bits per heavy atom. The minimum Gasteiger partial charge on any atom is -0.360 e. The Labute approximate surface area is 257 Å². The quantitative estimate of drug-likeness (QED) is 0.230. The molecule has 0 fully saturated rings. The van der Waals surface area contributed by atoms with Gasteiger partial charge in [0.15, 0.2) is 0 Å². The number of carbonyl (C=O) groups excluding carboxylic acids is 2. The highest BCUT2D eigenvalue weighted by Gasteiger charge is 2.30. The van der Waals surface area contributed by atoms with Gasteiger partial charge in [-0.15, -0.1) is 0 Å². The molecule has 0 bridgehead atoms. The molecule has 6 rings (SSSR count). The van der Waals surface area contributed by atoms with Crippen molar-refractivity contribution in [3.63, 3.8) is 0 Å². The Bertz CT molecular complexity index is 1840. The van der Waals surface area contributed by atoms with Crippen LogP contribution in [-0.4, -0.2) is 23.2 Å². The standard InChI is InChI=1S/C36H34N6O2/c1-21-13-15-27(17-23(21)3)41-35(43)31(25(5)39-41)19-37-33-11-7-10-30-29(33)9-8-12-34(30)38-20-32-26(6)40-42(36(32)44)28-16-14-22(2)24(4)18-28/h7-20,37-38H,1-6H3/b31-19-,32-20+. The Morgan fingerprint density at radius 2 is 0.955 bits per heavy atom. The number of nitrogens with one attached hydrogen (secondary N) is 2. The van der Waals surface area contributed by atoms with Crippen LogP contribution in [0.15, 0.2) is 107 Å². The second kappa shape index (κ2) is 11.3. The zero-order chi connectivity index (χ0) is 31.1. The lowest BCUT2D eigenvalue weighted by Crippen LogP contribution is -2.22. The van der Waals surface area contributed by atoms with Crippen LogP contribution < -0.4 is 20.7 Å². The maximum atomic E-state index is 13.3. The largest absolute Gasteiger partial charge is 0.360 e. The molecule has 4 aromatic rings. The first kappa shape index (κ1) is 28.6. The summed E-state index contributed by atoms with van der Waals surface area (Å²) in [5.74, 6) is -0.360. The van der Waals surface area contributed by atoms with Crippen LogP contribution >= 0.6 is 0 Å². The highest BCUT2D eigenvalue weighted by Crippen LogP contribution is 2.32. The van der Waals surface area contributed by atoms with E-state index in [1.807, 2.05) is 114 Å². The molecule has 2 aliphatic rings. The average Bonchev–Trinajstić information content (AvgIpc) is 3.46. The van der Waals surface area contributed by atoms with Gasteiger partial charge in [0, 0.05) is 34.5 Å². The lowest BCUT2D eigenvalue weighted by molar-refractivity contribution is -0.115. The van der Waals surface area contributed by atoms with Gasteiger partial charge in [0.2, 0.25) is 0 Å². The lowest BCUT2D eigenvalue weighted by atomic mass is 10.1. The minimum atomic E-state index is -0.180. The molecule has 0 unspecified atom stereocenters. The van der Waals surface area contributed by atoms with Crippen LogP contribution in [0.2, 0.25) is 0 Å². The number of amides is 2. The highest BCUT2D eigenvalue weighted by molar-refractivity contribution is 6.30. The molecule has 0 atom stereocenters. The monoisotopic (exact) mass is 582 g/mol. The van der Waals surface area contributed by atoms with Gasteiger partial charge in [0.05, 0.1) is 33.9 Å². The summed E-state index contributed by atoms with van der Waals surface area (Å²) in [6.07, 6.45) is 3.44. The number of hydrogen-bond acceptors (Lipinski definition) is 6. The molecule has 0 saturated carbocycles. The van der Waals surface area contributed by atoms with Crippen molar-refractivity contribution in [2.45, 2.75) is 41.5 Å². The van der Waals surface area contributed by atoms with E-state index >= 15 is 0 Å². The second-order valence-electron chi connectivity index (χ2n) is 11.3. The molecule has 8 nitrogen and oxygen atoms in total. The normalized spacial score (nSPS) is 16.8. The Kier molecular flexibility index (Phi) is 7.35. The van der Waals surface area contributed by atoms with E-state index in [0.29, 0.717) is 22.6 Å². The third kappa shape index (κ3) is 5.15. The van der Waals surface area contributed by atoms with Crippen LogP contribution in [0.1, 0.15) is 36.1 Å². The number of nitrogens with zero attached hydrogens (tertiary/aromatic N) is 4. The van der Waals surface area contributed by atoms with E-state index in [-0.39, 0.29) is 11.8 Å². The fourth-order valence-electron chi connectivity index (χ4n) is 5.29. The van der Waals surface area contributed by atoms with E-state index in [4.69, 9.17) is 0 Å². The second-order valence-corrected chi connectivity index (χ2v) is 11.3. The molecule has 8 heteroatoms. The summed E-state index contributed by atoms with van der Waals surface area (Å²) >= 11 is 0. The number of hydrazone groups is 2. The summed E-state index contributed by atoms with van der Waals surface area (Å²) in [7, 11) is 0. The van der Waals surface area contributed by atoms with Gasteiger partial charge < -0.3 is 10.6 Å². The predicted octanol–water partition coefficient (Wildman–Crippen LogP) is 7.51. The number of benzene rings is 4. The van der Waals surface area contributed by atoms with Gasteiger partial charge in [0.25, 0.3) is 11.8 Å². The molecular weight excluding hydrogens is 548 g/mol. The summed E-state index contributed by atoms with van der Waals surface area (Å²) in [6.45, 7) is 11.8. The van der Waals surface area contributed by atoms with Crippen molar-refractivity contribution in [3.05, 3.63) is 119 Å². The van der Waals surface area contributed by atoms with E-state index in [2.05, 4.69) is 20.8 Å². The van der Waals surface area contributed by atoms with Crippen molar-refractivity contribution >= 4 is 56.8 Å². The van der Waals surface area contributed by atoms with Gasteiger partial charge in [-0.2, -0.15) is 20.2 Å². The molecule has 0 saturated heterocycles. The van der Waals surface area contributed by atoms with Crippen molar-refractivity contribution < 1.29 is 9.59 Å². The van der Waals surface area contributed by atoms with Gasteiger partial charge in [0.1, 0.15) is 0 Å². The molecular formula is C36H34N6O2. The summed E-state index contributed by atoms with van der Waals surface area (Å²) in [5.41, 5.74) is 9.99. The molecule has 4 aromatic carbocycles. The average molecular weight is 583 g/mol. The van der Waals surface area contributed by atoms with Crippen molar-refractivity contribution in [2.24, 2.45) is 10.2 Å². The maximum absolute atomic E-state index is 13.3. The van der Waals surface area contributed by atoms with Crippen molar-refractivity contribution in [1.82, 2.24) is 0 Å². The first-order chi connectivity index (χ1) is 21.1. The SMILES string of the molecule is CC1=NN(c2ccc(C)c(C)c2)C(=O)/C1=C\Nc1cccc2c(N/C=C3/C(=O)N(c4ccc(C)c(C)c4)N=C3C)cccc12. The Hall–Kier alpha value is -5.50. The van der Waals surface area contributed by atoms with Crippen LogP contribution in [0.5, 0.6) is 0 Å². The topological polar surface area (TPSA) is 89.4 Å². The molecule has 0 aromatic heterocycles. The zero-order valence-corrected chi connectivity index (χ0v) is 25.7. The zero-order valence-electron chi connectivity index (χ0n) is 25.7. The molecule has 44 heavy (non-hydrogen) atoms. The van der Waals surface area contributed by atoms with Crippen molar-refractivity contribution in [2.75, 3.05) is 20.7 Å². The van der Waals surface area contributed by atoms with Crippen LogP contribution in [-0.2, 0) is 9.59 Å². The summed E-state index contributed by atoms with van der Waals surface area (Å²) < 4.78 is 0. The van der Waals surface area contributed by atoms with Crippen LogP contribution in [0, 0.1) is 27.7 Å². The Morgan fingerprint density at radius 3 is 1.34 bits per heavy atom. The number of anilines is 4. The lowest BCUT2D eigenvalue weighted by Gasteiger charge is -2.14. The van der Waals surface area contributed by atoms with E-state index in [1.165, 1.54) is 10.0 Å². The number of rotatable bonds is 6. The first-order valence-electron chi connectivity index (χ1n) is 14.5. The minimum absolute atomic E-state index is 0.180. The van der Waals surface area contributed by atoms with Gasteiger partial charge in [-0.1, -0.05) is 36.4 Å². The van der Waals surface area contributed by atoms with Gasteiger partial charge >= 0.3 is 0 Å². The molecule has 2 N–H and O–H groups in total. The molecule has 2 amide bonds. The predicted molar refractivity (Wildman–Crippen MR) is 180 cm³/mol. The summed E-state index contributed by atoms with van der Waals surface area (Å²) in [5, 5.41) is 20.5. The van der Waals surface area contributed by atoms with Crippen molar-refractivity contribution in [3.8, 4) is 0 Å². The van der Waals surface area contributed by atoms with Crippen LogP contribution in [0.25, 0.3) is 10.8 Å². The number of hydrogen-bond donors (Lipinski definition) is 2. The van der Waals surface area contributed by atoms with E-state index in [0.717, 1.165) is 55.8 Å². The van der Waals surface area contributed by atoms with E-state index in [1.54, 1.807) is 12.4 Å². The number of aryl methyl sites for hydroxylation is 4. The molecule has 0 aliphatic carbocycles. The van der Waals surface area contributed by atoms with Gasteiger partial charge in [-0.3, -0.25) is 9.59 Å². The van der Waals surface area contributed by atoms with Crippen LogP contribution in [0.4, 0.5) is 22.7 Å². The summed E-state index contributed by atoms with van der Waals surface area (Å²) in [6, 6.07) is 23.6. The molecule has 2 aliphatic heterocycles. The Balaban J connectivity index is 1.23. The molecule has 220 valence electrons.